The summed E-state index contributed by atoms with van der Waals surface area (Å²) in [5, 5.41) is 8.92. The van der Waals surface area contributed by atoms with E-state index in [1.807, 2.05) is 6.08 Å². The van der Waals surface area contributed by atoms with Gasteiger partial charge in [0.1, 0.15) is 0 Å². The first-order valence-corrected chi connectivity index (χ1v) is 5.39. The van der Waals surface area contributed by atoms with E-state index in [-0.39, 0.29) is 6.61 Å². The Labute approximate surface area is 81.9 Å². The van der Waals surface area contributed by atoms with Crippen LogP contribution in [0.25, 0.3) is 0 Å². The monoisotopic (exact) mass is 182 g/mol. The number of rotatable bonds is 5. The highest BCUT2D eigenvalue weighted by atomic mass is 16.2. The van der Waals surface area contributed by atoms with Crippen LogP contribution in [0.3, 0.4) is 0 Å². The van der Waals surface area contributed by atoms with Gasteiger partial charge in [0.25, 0.3) is 0 Å². The molecule has 0 saturated heterocycles. The lowest BCUT2D eigenvalue weighted by Gasteiger charge is -2.15. The molecule has 0 aromatic carbocycles. The fraction of sp³-hybridized carbons (Fsp3) is 0.833. The van der Waals surface area contributed by atoms with Crippen molar-refractivity contribution in [3.8, 4) is 0 Å². The van der Waals surface area contributed by atoms with E-state index in [0.29, 0.717) is 5.41 Å². The van der Waals surface area contributed by atoms with Crippen LogP contribution in [0.4, 0.5) is 0 Å². The minimum Gasteiger partial charge on any atom is -0.392 e. The van der Waals surface area contributed by atoms with Crippen molar-refractivity contribution in [3.05, 3.63) is 11.6 Å². The van der Waals surface area contributed by atoms with E-state index in [1.165, 1.54) is 31.3 Å². The second kappa shape index (κ2) is 4.28. The van der Waals surface area contributed by atoms with Crippen molar-refractivity contribution in [2.75, 3.05) is 6.61 Å². The lowest BCUT2D eigenvalue weighted by atomic mass is 9.91. The van der Waals surface area contributed by atoms with Gasteiger partial charge < -0.3 is 5.11 Å². The SMILES string of the molecule is CC(C)CC/C(=C/CO)C1(C)CC1. The number of hydrogen-bond donors (Lipinski definition) is 1. The predicted octanol–water partition coefficient (Wildman–Crippen LogP) is 3.14. The Bertz CT molecular complexity index is 187. The van der Waals surface area contributed by atoms with Crippen molar-refractivity contribution in [2.45, 2.75) is 46.5 Å². The molecule has 13 heavy (non-hydrogen) atoms. The summed E-state index contributed by atoms with van der Waals surface area (Å²) in [6.45, 7) is 7.04. The predicted molar refractivity (Wildman–Crippen MR) is 56.6 cm³/mol. The topological polar surface area (TPSA) is 20.2 Å². The molecule has 0 heterocycles. The molecule has 1 N–H and O–H groups in total. The van der Waals surface area contributed by atoms with Crippen molar-refractivity contribution in [1.82, 2.24) is 0 Å². The van der Waals surface area contributed by atoms with Crippen molar-refractivity contribution in [1.29, 1.82) is 0 Å². The molecule has 0 aromatic heterocycles. The molecule has 0 radical (unpaired) electrons. The van der Waals surface area contributed by atoms with Crippen LogP contribution in [0.2, 0.25) is 0 Å². The van der Waals surface area contributed by atoms with Gasteiger partial charge in [-0.3, -0.25) is 0 Å². The molecule has 1 aliphatic rings. The Morgan fingerprint density at radius 3 is 2.46 bits per heavy atom. The average molecular weight is 182 g/mol. The summed E-state index contributed by atoms with van der Waals surface area (Å²) in [7, 11) is 0. The van der Waals surface area contributed by atoms with Gasteiger partial charge in [0.15, 0.2) is 0 Å². The summed E-state index contributed by atoms with van der Waals surface area (Å²) in [5.74, 6) is 0.768. The summed E-state index contributed by atoms with van der Waals surface area (Å²) < 4.78 is 0. The molecule has 0 aromatic rings. The Balaban J connectivity index is 2.44. The van der Waals surface area contributed by atoms with E-state index in [2.05, 4.69) is 20.8 Å². The maximum Gasteiger partial charge on any atom is 0.0615 e. The van der Waals surface area contributed by atoms with Crippen molar-refractivity contribution >= 4 is 0 Å². The van der Waals surface area contributed by atoms with E-state index in [9.17, 15) is 0 Å². The molecule has 1 rings (SSSR count). The first-order valence-electron chi connectivity index (χ1n) is 5.39. The summed E-state index contributed by atoms with van der Waals surface area (Å²) in [4.78, 5) is 0. The zero-order valence-electron chi connectivity index (χ0n) is 9.14. The molecule has 0 atom stereocenters. The van der Waals surface area contributed by atoms with Gasteiger partial charge in [-0.1, -0.05) is 32.4 Å². The second-order valence-electron chi connectivity index (χ2n) is 4.91. The molecule has 0 aliphatic heterocycles. The molecular weight excluding hydrogens is 160 g/mol. The van der Waals surface area contributed by atoms with Crippen LogP contribution in [0.15, 0.2) is 11.6 Å². The zero-order chi connectivity index (χ0) is 9.90. The third-order valence-corrected chi connectivity index (χ3v) is 3.10. The minimum atomic E-state index is 0.211. The van der Waals surface area contributed by atoms with E-state index in [0.717, 1.165) is 5.92 Å². The molecular formula is C12H22O. The molecule has 1 nitrogen and oxygen atoms in total. The maximum absolute atomic E-state index is 8.92. The highest BCUT2D eigenvalue weighted by Gasteiger charge is 2.40. The third kappa shape index (κ3) is 3.15. The summed E-state index contributed by atoms with van der Waals surface area (Å²) >= 11 is 0. The first-order chi connectivity index (χ1) is 6.08. The Morgan fingerprint density at radius 2 is 2.08 bits per heavy atom. The van der Waals surface area contributed by atoms with Crippen LogP contribution >= 0.6 is 0 Å². The van der Waals surface area contributed by atoms with Crippen LogP contribution in [0.5, 0.6) is 0 Å². The standard InChI is InChI=1S/C12H22O/c1-10(2)4-5-11(6-9-13)12(3)7-8-12/h6,10,13H,4-5,7-9H2,1-3H3/b11-6-. The summed E-state index contributed by atoms with van der Waals surface area (Å²) in [6.07, 6.45) is 7.08. The Morgan fingerprint density at radius 1 is 1.46 bits per heavy atom. The maximum atomic E-state index is 8.92. The van der Waals surface area contributed by atoms with Crippen LogP contribution < -0.4 is 0 Å². The van der Waals surface area contributed by atoms with Gasteiger partial charge in [0, 0.05) is 0 Å². The van der Waals surface area contributed by atoms with Gasteiger partial charge in [-0.25, -0.2) is 0 Å². The lowest BCUT2D eigenvalue weighted by Crippen LogP contribution is -2.02. The number of aliphatic hydroxyl groups is 1. The fourth-order valence-electron chi connectivity index (χ4n) is 1.71. The summed E-state index contributed by atoms with van der Waals surface area (Å²) in [5.41, 5.74) is 1.95. The average Bonchev–Trinajstić information content (AvgIpc) is 2.78. The molecule has 0 unspecified atom stereocenters. The van der Waals surface area contributed by atoms with Crippen LogP contribution in [0.1, 0.15) is 46.5 Å². The van der Waals surface area contributed by atoms with Gasteiger partial charge in [0.2, 0.25) is 0 Å². The normalized spacial score (nSPS) is 20.8. The van der Waals surface area contributed by atoms with Crippen molar-refractivity contribution in [2.24, 2.45) is 11.3 Å². The van der Waals surface area contributed by atoms with Crippen LogP contribution in [-0.4, -0.2) is 11.7 Å². The number of aliphatic hydroxyl groups excluding tert-OH is 1. The molecule has 1 saturated carbocycles. The third-order valence-electron chi connectivity index (χ3n) is 3.10. The van der Waals surface area contributed by atoms with Crippen molar-refractivity contribution < 1.29 is 5.11 Å². The first kappa shape index (κ1) is 10.8. The highest BCUT2D eigenvalue weighted by molar-refractivity contribution is 5.20. The molecule has 1 fully saturated rings. The largest absolute Gasteiger partial charge is 0.392 e. The fourth-order valence-corrected chi connectivity index (χ4v) is 1.71. The van der Waals surface area contributed by atoms with Crippen molar-refractivity contribution in [3.63, 3.8) is 0 Å². The number of allylic oxidation sites excluding steroid dienone is 1. The molecule has 1 heteroatoms. The molecule has 0 amide bonds. The van der Waals surface area contributed by atoms with E-state index in [4.69, 9.17) is 5.11 Å². The molecule has 0 spiro atoms. The van der Waals surface area contributed by atoms with Gasteiger partial charge in [0.05, 0.1) is 6.61 Å². The molecule has 1 aliphatic carbocycles. The van der Waals surface area contributed by atoms with E-state index < -0.39 is 0 Å². The summed E-state index contributed by atoms with van der Waals surface area (Å²) in [6, 6.07) is 0. The number of hydrogen-bond acceptors (Lipinski definition) is 1. The van der Waals surface area contributed by atoms with Crippen LogP contribution in [0, 0.1) is 11.3 Å². The molecule has 76 valence electrons. The van der Waals surface area contributed by atoms with Gasteiger partial charge in [-0.2, -0.15) is 0 Å². The smallest absolute Gasteiger partial charge is 0.0615 e. The molecule has 0 bridgehead atoms. The Kier molecular flexibility index (Phi) is 3.55. The van der Waals surface area contributed by atoms with Gasteiger partial charge >= 0.3 is 0 Å². The van der Waals surface area contributed by atoms with Gasteiger partial charge in [-0.15, -0.1) is 0 Å². The van der Waals surface area contributed by atoms with E-state index in [1.54, 1.807) is 0 Å². The van der Waals surface area contributed by atoms with Gasteiger partial charge in [-0.05, 0) is 37.0 Å². The lowest BCUT2D eigenvalue weighted by molar-refractivity contribution is 0.339. The second-order valence-corrected chi connectivity index (χ2v) is 4.91. The highest BCUT2D eigenvalue weighted by Crippen LogP contribution is 2.52. The van der Waals surface area contributed by atoms with E-state index >= 15 is 0 Å². The Hall–Kier alpha value is -0.300. The quantitative estimate of drug-likeness (QED) is 0.648. The van der Waals surface area contributed by atoms with Crippen LogP contribution in [-0.2, 0) is 0 Å². The zero-order valence-corrected chi connectivity index (χ0v) is 9.14. The minimum absolute atomic E-state index is 0.211.